The zero-order valence-corrected chi connectivity index (χ0v) is 19.1. The molecule has 3 aromatic carbocycles. The van der Waals surface area contributed by atoms with Crippen molar-refractivity contribution in [3.63, 3.8) is 0 Å². The Labute approximate surface area is 198 Å². The molecule has 6 rings (SSSR count). The van der Waals surface area contributed by atoms with Gasteiger partial charge in [-0.3, -0.25) is 15.1 Å². The molecule has 0 aromatic heterocycles. The van der Waals surface area contributed by atoms with E-state index in [2.05, 4.69) is 47.5 Å². The van der Waals surface area contributed by atoms with Crippen molar-refractivity contribution in [2.75, 3.05) is 0 Å². The van der Waals surface area contributed by atoms with Gasteiger partial charge >= 0.3 is 0 Å². The smallest absolute Gasteiger partial charge is 0.269 e. The predicted octanol–water partition coefficient (Wildman–Crippen LogP) is 5.04. The van der Waals surface area contributed by atoms with E-state index in [-0.39, 0.29) is 23.0 Å². The summed E-state index contributed by atoms with van der Waals surface area (Å²) in [4.78, 5) is 15.0. The van der Waals surface area contributed by atoms with E-state index < -0.39 is 0 Å². The van der Waals surface area contributed by atoms with Crippen molar-refractivity contribution in [1.82, 2.24) is 0 Å². The molecule has 3 aromatic rings. The summed E-state index contributed by atoms with van der Waals surface area (Å²) in [6.07, 6.45) is 15.4. The quantitative estimate of drug-likeness (QED) is 0.380. The van der Waals surface area contributed by atoms with Crippen molar-refractivity contribution in [2.24, 2.45) is 4.99 Å². The second-order valence-corrected chi connectivity index (χ2v) is 8.21. The molecule has 0 fully saturated rings. The number of nitro benzene ring substituents is 1. The number of fused-ring (bicyclic) bond motifs is 5. The van der Waals surface area contributed by atoms with Gasteiger partial charge in [-0.2, -0.15) is 0 Å². The number of hydrogen-bond donors (Lipinski definition) is 0. The summed E-state index contributed by atoms with van der Waals surface area (Å²) in [5, 5.41) is 15.5. The second-order valence-electron chi connectivity index (χ2n) is 8.21. The number of nitro groups is 1. The molecular formula is C28H25ClN2O2. The van der Waals surface area contributed by atoms with Gasteiger partial charge in [-0.15, -0.1) is 12.4 Å². The van der Waals surface area contributed by atoms with Crippen LogP contribution in [0, 0.1) is 20.6 Å². The number of hydrogen-bond acceptors (Lipinski definition) is 3. The van der Waals surface area contributed by atoms with Gasteiger partial charge in [-0.25, -0.2) is 0 Å². The van der Waals surface area contributed by atoms with E-state index in [9.17, 15) is 10.1 Å². The first kappa shape index (κ1) is 22.7. The van der Waals surface area contributed by atoms with Crippen LogP contribution in [0.25, 0.3) is 18.2 Å². The Hall–Kier alpha value is -3.50. The van der Waals surface area contributed by atoms with Crippen molar-refractivity contribution in [3.05, 3.63) is 114 Å². The first-order chi connectivity index (χ1) is 15.7. The number of aliphatic imine (C=N–C) groups is 1. The Bertz CT molecular complexity index is 1490. The van der Waals surface area contributed by atoms with Crippen LogP contribution in [-0.4, -0.2) is 11.1 Å². The maximum Gasteiger partial charge on any atom is 0.276 e. The molecule has 0 N–H and O–H groups in total. The van der Waals surface area contributed by atoms with Crippen LogP contribution in [0.5, 0.6) is 0 Å². The Morgan fingerprint density at radius 1 is 0.879 bits per heavy atom. The van der Waals surface area contributed by atoms with Gasteiger partial charge in [0.1, 0.15) is 0 Å². The highest BCUT2D eigenvalue weighted by molar-refractivity contribution is 5.85. The highest BCUT2D eigenvalue weighted by atomic mass is 35.5. The topological polar surface area (TPSA) is 55.5 Å². The van der Waals surface area contributed by atoms with Crippen LogP contribution in [-0.2, 0) is 19.3 Å². The van der Waals surface area contributed by atoms with Crippen molar-refractivity contribution in [1.29, 1.82) is 0 Å². The van der Waals surface area contributed by atoms with E-state index in [1.54, 1.807) is 12.1 Å². The molecule has 166 valence electrons. The van der Waals surface area contributed by atoms with Gasteiger partial charge < -0.3 is 0 Å². The second kappa shape index (κ2) is 9.97. The molecule has 2 aliphatic carbocycles. The lowest BCUT2D eigenvalue weighted by Gasteiger charge is -2.16. The first-order valence-corrected chi connectivity index (χ1v) is 11.1. The van der Waals surface area contributed by atoms with E-state index in [1.165, 1.54) is 39.1 Å². The summed E-state index contributed by atoms with van der Waals surface area (Å²) in [5.74, 6) is 0. The highest BCUT2D eigenvalue weighted by Crippen LogP contribution is 2.19. The zero-order valence-electron chi connectivity index (χ0n) is 18.2. The lowest BCUT2D eigenvalue weighted by molar-refractivity contribution is -0.385. The molecule has 0 spiro atoms. The lowest BCUT2D eigenvalue weighted by Crippen LogP contribution is -2.20. The van der Waals surface area contributed by atoms with Crippen LogP contribution in [0.4, 0.5) is 5.69 Å². The standard InChI is InChI=1S/C18H15NO2.C10H9N.ClH/c20-19(21)18-7-3-6-14-16-9-8-12-4-1-2-5-13(12)15(16)10-11-17(14)18;1-2-4-10-6-8-11-7-5-9(10)3-1;/h3-4,6-9,11H,1-2,5,10H2;1-5,7-8H,6H2;1H. The van der Waals surface area contributed by atoms with Crippen molar-refractivity contribution in [3.8, 4) is 0 Å². The van der Waals surface area contributed by atoms with Gasteiger partial charge in [0.05, 0.1) is 10.1 Å². The Kier molecular flexibility index (Phi) is 6.85. The SMILES string of the molecule is C1=Cc2ccccc2CC=N1.Cl.O=[N+]([O-])c1cccc2c1=CCc1c3c(ccc1=2)=CCCC3. The maximum atomic E-state index is 11.2. The van der Waals surface area contributed by atoms with Crippen LogP contribution in [0.15, 0.2) is 65.8 Å². The molecule has 0 radical (unpaired) electrons. The molecule has 0 saturated heterocycles. The molecular weight excluding hydrogens is 432 g/mol. The lowest BCUT2D eigenvalue weighted by atomic mass is 9.89. The van der Waals surface area contributed by atoms with Crippen LogP contribution in [0.1, 0.15) is 35.1 Å². The molecule has 0 amide bonds. The minimum Gasteiger partial charge on any atom is -0.269 e. The zero-order chi connectivity index (χ0) is 21.9. The van der Waals surface area contributed by atoms with E-state index >= 15 is 0 Å². The maximum absolute atomic E-state index is 11.2. The first-order valence-electron chi connectivity index (χ1n) is 11.1. The molecule has 0 bridgehead atoms. The molecule has 1 aliphatic heterocycles. The van der Waals surface area contributed by atoms with E-state index in [4.69, 9.17) is 0 Å². The molecule has 3 aliphatic rings. The van der Waals surface area contributed by atoms with Gasteiger partial charge in [-0.05, 0) is 69.7 Å². The third-order valence-corrected chi connectivity index (χ3v) is 6.35. The molecule has 1 heterocycles. The van der Waals surface area contributed by atoms with Gasteiger partial charge in [0.2, 0.25) is 0 Å². The number of nitrogens with zero attached hydrogens (tertiary/aromatic N) is 2. The minimum atomic E-state index is -0.285. The fourth-order valence-electron chi connectivity index (χ4n) is 4.80. The van der Waals surface area contributed by atoms with E-state index in [0.717, 1.165) is 36.1 Å². The van der Waals surface area contributed by atoms with Crippen molar-refractivity contribution in [2.45, 2.75) is 32.1 Å². The van der Waals surface area contributed by atoms with Gasteiger partial charge in [0, 0.05) is 24.9 Å². The largest absolute Gasteiger partial charge is 0.276 e. The highest BCUT2D eigenvalue weighted by Gasteiger charge is 2.15. The van der Waals surface area contributed by atoms with Crippen LogP contribution >= 0.6 is 12.4 Å². The molecule has 0 atom stereocenters. The van der Waals surface area contributed by atoms with E-state index in [0.29, 0.717) is 0 Å². The average molecular weight is 457 g/mol. The van der Waals surface area contributed by atoms with Gasteiger partial charge in [0.25, 0.3) is 5.69 Å². The van der Waals surface area contributed by atoms with Crippen molar-refractivity contribution >= 4 is 42.5 Å². The Morgan fingerprint density at radius 2 is 1.76 bits per heavy atom. The normalized spacial score (nSPS) is 14.3. The third-order valence-electron chi connectivity index (χ3n) is 6.35. The van der Waals surface area contributed by atoms with Gasteiger partial charge in [-0.1, -0.05) is 60.7 Å². The number of rotatable bonds is 1. The monoisotopic (exact) mass is 456 g/mol. The average Bonchev–Trinajstić information content (AvgIpc) is 3.09. The molecule has 33 heavy (non-hydrogen) atoms. The fourth-order valence-corrected chi connectivity index (χ4v) is 4.80. The molecule has 4 nitrogen and oxygen atoms in total. The molecule has 0 saturated carbocycles. The van der Waals surface area contributed by atoms with E-state index in [1.807, 2.05) is 30.6 Å². The van der Waals surface area contributed by atoms with Crippen molar-refractivity contribution < 1.29 is 4.92 Å². The summed E-state index contributed by atoms with van der Waals surface area (Å²) in [5.41, 5.74) is 5.64. The number of benzene rings is 3. The predicted molar refractivity (Wildman–Crippen MR) is 137 cm³/mol. The summed E-state index contributed by atoms with van der Waals surface area (Å²) >= 11 is 0. The summed E-state index contributed by atoms with van der Waals surface area (Å²) < 4.78 is 0. The number of non-ortho nitro benzene ring substituents is 1. The number of halogens is 1. The summed E-state index contributed by atoms with van der Waals surface area (Å²) in [6.45, 7) is 0. The Morgan fingerprint density at radius 3 is 2.64 bits per heavy atom. The fraction of sp³-hybridized carbons (Fsp3) is 0.179. The minimum absolute atomic E-state index is 0. The van der Waals surface area contributed by atoms with Crippen LogP contribution < -0.4 is 10.4 Å². The van der Waals surface area contributed by atoms with Crippen LogP contribution in [0.2, 0.25) is 0 Å². The summed E-state index contributed by atoms with van der Waals surface area (Å²) in [7, 11) is 0. The van der Waals surface area contributed by atoms with Gasteiger partial charge in [0.15, 0.2) is 0 Å². The third kappa shape index (κ3) is 4.53. The molecule has 5 heteroatoms. The van der Waals surface area contributed by atoms with Crippen LogP contribution in [0.3, 0.4) is 0 Å². The Balaban J connectivity index is 0.000000183. The molecule has 0 unspecified atom stereocenters. The summed E-state index contributed by atoms with van der Waals surface area (Å²) in [6, 6.07) is 18.0.